The van der Waals surface area contributed by atoms with E-state index < -0.39 is 0 Å². The fraction of sp³-hybridized carbons (Fsp3) is 0.394. The quantitative estimate of drug-likeness (QED) is 0.166. The summed E-state index contributed by atoms with van der Waals surface area (Å²) in [5.41, 5.74) is 2.61. The number of halogens is 3. The summed E-state index contributed by atoms with van der Waals surface area (Å²) in [6.07, 6.45) is 11.0. The maximum Gasteiger partial charge on any atom is 0.239 e. The van der Waals surface area contributed by atoms with Crippen molar-refractivity contribution in [1.29, 1.82) is 0 Å². The number of benzene rings is 2. The normalized spacial score (nSPS) is 12.7. The molecule has 5 rings (SSSR count). The first-order chi connectivity index (χ1) is 21.2. The molecule has 2 aromatic heterocycles. The lowest BCUT2D eigenvalue weighted by atomic mass is 9.91. The Morgan fingerprint density at radius 1 is 0.932 bits per heavy atom. The molecule has 1 saturated carbocycles. The van der Waals surface area contributed by atoms with E-state index in [1.165, 1.54) is 32.1 Å². The number of aromatic nitrogens is 4. The van der Waals surface area contributed by atoms with Gasteiger partial charge < -0.3 is 16.0 Å². The molecular formula is C33H42Cl3N7O. The van der Waals surface area contributed by atoms with Gasteiger partial charge in [0.1, 0.15) is 18.0 Å². The van der Waals surface area contributed by atoms with Crippen LogP contribution in [0.5, 0.6) is 0 Å². The molecule has 1 amide bonds. The van der Waals surface area contributed by atoms with Gasteiger partial charge in [0.15, 0.2) is 0 Å². The number of hydrogen-bond donors (Lipinski definition) is 3. The van der Waals surface area contributed by atoms with Gasteiger partial charge >= 0.3 is 0 Å². The fourth-order valence-electron chi connectivity index (χ4n) is 4.51. The second kappa shape index (κ2) is 18.5. The lowest BCUT2D eigenvalue weighted by molar-refractivity contribution is -0.119. The van der Waals surface area contributed by atoms with Crippen molar-refractivity contribution in [3.63, 3.8) is 0 Å². The zero-order valence-electron chi connectivity index (χ0n) is 25.8. The Balaban J connectivity index is 0.000000510. The van der Waals surface area contributed by atoms with Crippen LogP contribution in [0.4, 0.5) is 11.8 Å². The van der Waals surface area contributed by atoms with E-state index in [1.54, 1.807) is 35.2 Å². The molecule has 2 aromatic carbocycles. The van der Waals surface area contributed by atoms with Crippen molar-refractivity contribution in [2.24, 2.45) is 5.92 Å². The monoisotopic (exact) mass is 657 g/mol. The molecule has 4 aromatic rings. The third kappa shape index (κ3) is 12.0. The zero-order chi connectivity index (χ0) is 31.9. The van der Waals surface area contributed by atoms with E-state index in [0.29, 0.717) is 39.2 Å². The predicted octanol–water partition coefficient (Wildman–Crippen LogP) is 8.88. The summed E-state index contributed by atoms with van der Waals surface area (Å²) >= 11 is 18.2. The van der Waals surface area contributed by atoms with Crippen LogP contribution in [-0.2, 0) is 17.9 Å². The van der Waals surface area contributed by atoms with Crippen LogP contribution in [0, 0.1) is 12.8 Å². The predicted molar refractivity (Wildman–Crippen MR) is 183 cm³/mol. The van der Waals surface area contributed by atoms with Crippen LogP contribution in [-0.4, -0.2) is 32.0 Å². The summed E-state index contributed by atoms with van der Waals surface area (Å²) < 4.78 is 1.79. The minimum Gasteiger partial charge on any atom is -0.361 e. The number of nitrogens with one attached hydrogen (secondary N) is 3. The van der Waals surface area contributed by atoms with E-state index in [2.05, 4.69) is 37.8 Å². The highest BCUT2D eigenvalue weighted by atomic mass is 35.5. The van der Waals surface area contributed by atoms with E-state index in [-0.39, 0.29) is 19.0 Å². The molecule has 1 fully saturated rings. The average molecular weight is 659 g/mol. The van der Waals surface area contributed by atoms with Gasteiger partial charge in [-0.1, -0.05) is 106 Å². The van der Waals surface area contributed by atoms with E-state index in [1.807, 2.05) is 51.2 Å². The molecule has 11 heteroatoms. The van der Waals surface area contributed by atoms with E-state index >= 15 is 0 Å². The lowest BCUT2D eigenvalue weighted by Crippen LogP contribution is -2.29. The number of imidazole rings is 1. The molecule has 0 radical (unpaired) electrons. The van der Waals surface area contributed by atoms with Crippen LogP contribution in [0.15, 0.2) is 61.1 Å². The van der Waals surface area contributed by atoms with Crippen molar-refractivity contribution in [2.75, 3.05) is 17.2 Å². The molecule has 1 aliphatic carbocycles. The van der Waals surface area contributed by atoms with Crippen LogP contribution >= 0.6 is 34.8 Å². The third-order valence-electron chi connectivity index (χ3n) is 6.84. The minimum absolute atomic E-state index is 0.0123. The van der Waals surface area contributed by atoms with Crippen molar-refractivity contribution in [3.05, 3.63) is 92.9 Å². The standard InChI is InChI=1S/C24H22Cl3N7O.C7H14.C2H6/c1-15-13-34(14-31-15)22-9-21(32-24(33-22)30-10-16-3-2-4-18(25)7-16)28-12-23(35)29-11-17-5-6-19(26)8-20(17)27;1-7-5-3-2-4-6-7;1-2/h2-9,13-14H,10-12H2,1H3,(H,29,35)(H2,28,30,32,33);7H,2-6H2,1H3;1-2H3. The first kappa shape index (κ1) is 35.2. The number of nitrogens with zero attached hydrogens (tertiary/aromatic N) is 4. The SMILES string of the molecule is CC.CC1CCCCC1.Cc1cn(-c2cc(NCC(=O)NCc3ccc(Cl)cc3Cl)nc(NCc3cccc(Cl)c3)n2)cn1. The summed E-state index contributed by atoms with van der Waals surface area (Å²) in [6.45, 7) is 9.03. The number of carbonyl (C=O) groups excluding carboxylic acids is 1. The zero-order valence-corrected chi connectivity index (χ0v) is 28.1. The van der Waals surface area contributed by atoms with Crippen molar-refractivity contribution in [3.8, 4) is 5.82 Å². The second-order valence-electron chi connectivity index (χ2n) is 10.4. The maximum atomic E-state index is 12.4. The van der Waals surface area contributed by atoms with Gasteiger partial charge in [-0.3, -0.25) is 9.36 Å². The number of rotatable bonds is 9. The van der Waals surface area contributed by atoms with Crippen molar-refractivity contribution >= 4 is 52.5 Å². The maximum absolute atomic E-state index is 12.4. The molecule has 8 nitrogen and oxygen atoms in total. The van der Waals surface area contributed by atoms with Crippen LogP contribution in [0.1, 0.15) is 69.7 Å². The Kier molecular flexibility index (Phi) is 14.8. The summed E-state index contributed by atoms with van der Waals surface area (Å²) in [4.78, 5) is 25.8. The molecule has 236 valence electrons. The van der Waals surface area contributed by atoms with Gasteiger partial charge in [0.2, 0.25) is 11.9 Å². The highest BCUT2D eigenvalue weighted by molar-refractivity contribution is 6.35. The fourth-order valence-corrected chi connectivity index (χ4v) is 5.20. The summed E-state index contributed by atoms with van der Waals surface area (Å²) in [7, 11) is 0. The van der Waals surface area contributed by atoms with Crippen LogP contribution in [0.3, 0.4) is 0 Å². The molecule has 1 aliphatic rings. The first-order valence-corrected chi connectivity index (χ1v) is 16.2. The number of carbonyl (C=O) groups is 1. The molecule has 0 spiro atoms. The smallest absolute Gasteiger partial charge is 0.239 e. The van der Waals surface area contributed by atoms with E-state index in [4.69, 9.17) is 34.8 Å². The van der Waals surface area contributed by atoms with Gasteiger partial charge in [-0.25, -0.2) is 4.98 Å². The molecular weight excluding hydrogens is 617 g/mol. The second-order valence-corrected chi connectivity index (χ2v) is 11.7. The van der Waals surface area contributed by atoms with E-state index in [0.717, 1.165) is 22.7 Å². The third-order valence-corrected chi connectivity index (χ3v) is 7.67. The Bertz CT molecular complexity index is 1470. The molecule has 0 atom stereocenters. The topological polar surface area (TPSA) is 96.8 Å². The van der Waals surface area contributed by atoms with Crippen molar-refractivity contribution < 1.29 is 4.79 Å². The van der Waals surface area contributed by atoms with Gasteiger partial charge in [0.05, 0.1) is 12.2 Å². The molecule has 0 bridgehead atoms. The van der Waals surface area contributed by atoms with Gasteiger partial charge in [-0.15, -0.1) is 0 Å². The van der Waals surface area contributed by atoms with Crippen molar-refractivity contribution in [2.45, 2.75) is 72.9 Å². The molecule has 0 saturated heterocycles. The highest BCUT2D eigenvalue weighted by Crippen LogP contribution is 2.22. The van der Waals surface area contributed by atoms with Crippen molar-refractivity contribution in [1.82, 2.24) is 24.8 Å². The number of aryl methyl sites for hydroxylation is 1. The van der Waals surface area contributed by atoms with Crippen LogP contribution in [0.2, 0.25) is 15.1 Å². The Morgan fingerprint density at radius 2 is 1.68 bits per heavy atom. The van der Waals surface area contributed by atoms with Gasteiger partial charge in [0.25, 0.3) is 0 Å². The van der Waals surface area contributed by atoms with Gasteiger partial charge in [0, 0.05) is 40.4 Å². The highest BCUT2D eigenvalue weighted by Gasteiger charge is 2.10. The Labute approximate surface area is 276 Å². The van der Waals surface area contributed by atoms with Gasteiger partial charge in [-0.05, 0) is 48.2 Å². The summed E-state index contributed by atoms with van der Waals surface area (Å²) in [5, 5.41) is 10.8. The van der Waals surface area contributed by atoms with Crippen LogP contribution in [0.25, 0.3) is 5.82 Å². The average Bonchev–Trinajstić information content (AvgIpc) is 3.46. The van der Waals surface area contributed by atoms with Crippen LogP contribution < -0.4 is 16.0 Å². The molecule has 0 unspecified atom stereocenters. The molecule has 3 N–H and O–H groups in total. The number of amides is 1. The van der Waals surface area contributed by atoms with E-state index in [9.17, 15) is 4.79 Å². The summed E-state index contributed by atoms with van der Waals surface area (Å²) in [6, 6.07) is 14.4. The molecule has 2 heterocycles. The minimum atomic E-state index is -0.219. The number of anilines is 2. The lowest BCUT2D eigenvalue weighted by Gasteiger charge is -2.15. The summed E-state index contributed by atoms with van der Waals surface area (Å²) in [5.74, 6) is 2.29. The number of hydrogen-bond acceptors (Lipinski definition) is 6. The molecule has 0 aliphatic heterocycles. The molecule has 44 heavy (non-hydrogen) atoms. The Hall–Kier alpha value is -3.33. The largest absolute Gasteiger partial charge is 0.361 e. The first-order valence-electron chi connectivity index (χ1n) is 15.1. The Morgan fingerprint density at radius 3 is 2.32 bits per heavy atom. The van der Waals surface area contributed by atoms with Gasteiger partial charge in [-0.2, -0.15) is 9.97 Å².